The average molecular weight is 345 g/mol. The Kier molecular flexibility index (Phi) is 5.22. The molecule has 7 heteroatoms. The Morgan fingerprint density at radius 2 is 1.90 bits per heavy atom. The second-order valence-electron chi connectivity index (χ2n) is 4.05. The van der Waals surface area contributed by atoms with Gasteiger partial charge in [-0.1, -0.05) is 23.2 Å². The average Bonchev–Trinajstić information content (AvgIpc) is 2.43. The molecule has 3 nitrogen and oxygen atoms in total. The van der Waals surface area contributed by atoms with Crippen LogP contribution in [-0.2, 0) is 0 Å². The molecule has 2 rings (SSSR count). The summed E-state index contributed by atoms with van der Waals surface area (Å²) in [4.78, 5) is 0. The van der Waals surface area contributed by atoms with Crippen LogP contribution in [0.25, 0.3) is 0 Å². The highest BCUT2D eigenvalue weighted by atomic mass is 35.5. The summed E-state index contributed by atoms with van der Waals surface area (Å²) in [5.74, 6) is -0.316. The number of benzene rings is 2. The number of anilines is 2. The van der Waals surface area contributed by atoms with Crippen molar-refractivity contribution in [3.63, 3.8) is 0 Å². The zero-order chi connectivity index (χ0) is 15.4. The lowest BCUT2D eigenvalue weighted by molar-refractivity contribution is 0.387. The van der Waals surface area contributed by atoms with E-state index in [0.717, 1.165) is 0 Å². The van der Waals surface area contributed by atoms with Crippen molar-refractivity contribution in [2.24, 2.45) is 0 Å². The lowest BCUT2D eigenvalue weighted by Crippen LogP contribution is -2.19. The van der Waals surface area contributed by atoms with E-state index in [0.29, 0.717) is 21.4 Å². The van der Waals surface area contributed by atoms with Gasteiger partial charge in [0.25, 0.3) is 0 Å². The van der Waals surface area contributed by atoms with Crippen LogP contribution in [0.2, 0.25) is 10.0 Å². The van der Waals surface area contributed by atoms with Gasteiger partial charge in [-0.25, -0.2) is 4.39 Å². The van der Waals surface area contributed by atoms with E-state index in [-0.39, 0.29) is 10.9 Å². The highest BCUT2D eigenvalue weighted by Gasteiger charge is 2.07. The first kappa shape index (κ1) is 15.8. The molecule has 2 N–H and O–H groups in total. The van der Waals surface area contributed by atoms with Crippen LogP contribution < -0.4 is 15.4 Å². The summed E-state index contributed by atoms with van der Waals surface area (Å²) in [6.07, 6.45) is 0. The molecule has 0 atom stereocenters. The standard InChI is InChI=1S/C14H11Cl2FN2OS/c1-20-13-5-3-9(7-11(13)17)18-14(21)19-12-6-8(15)2-4-10(12)16/h2-7H,1H3,(H2,18,19,21). The smallest absolute Gasteiger partial charge is 0.175 e. The van der Waals surface area contributed by atoms with Gasteiger partial charge >= 0.3 is 0 Å². The maximum atomic E-state index is 13.6. The highest BCUT2D eigenvalue weighted by Crippen LogP contribution is 2.26. The Morgan fingerprint density at radius 1 is 1.14 bits per heavy atom. The Hall–Kier alpha value is -1.56. The van der Waals surface area contributed by atoms with E-state index in [1.807, 2.05) is 0 Å². The molecule has 0 fully saturated rings. The van der Waals surface area contributed by atoms with Crippen LogP contribution in [0.1, 0.15) is 0 Å². The predicted molar refractivity (Wildman–Crippen MR) is 89.3 cm³/mol. The van der Waals surface area contributed by atoms with Crippen molar-refractivity contribution < 1.29 is 9.13 Å². The molecule has 0 saturated heterocycles. The molecule has 0 aliphatic heterocycles. The maximum absolute atomic E-state index is 13.6. The van der Waals surface area contributed by atoms with E-state index in [4.69, 9.17) is 40.2 Å². The fourth-order valence-electron chi connectivity index (χ4n) is 1.62. The van der Waals surface area contributed by atoms with Gasteiger partial charge in [-0.05, 0) is 42.5 Å². The molecule has 0 aliphatic rings. The summed E-state index contributed by atoms with van der Waals surface area (Å²) in [7, 11) is 1.40. The number of thiocarbonyl (C=S) groups is 1. The van der Waals surface area contributed by atoms with Gasteiger partial charge in [0.2, 0.25) is 0 Å². The van der Waals surface area contributed by atoms with Crippen molar-refractivity contribution in [3.05, 3.63) is 52.3 Å². The molecule has 2 aromatic rings. The molecule has 0 heterocycles. The fourth-order valence-corrected chi connectivity index (χ4v) is 2.19. The number of ether oxygens (including phenoxy) is 1. The number of methoxy groups -OCH3 is 1. The van der Waals surface area contributed by atoms with Crippen LogP contribution in [0, 0.1) is 5.82 Å². The van der Waals surface area contributed by atoms with Gasteiger partial charge < -0.3 is 15.4 Å². The Labute approximate surface area is 137 Å². The van der Waals surface area contributed by atoms with Crippen LogP contribution in [0.5, 0.6) is 5.75 Å². The fraction of sp³-hybridized carbons (Fsp3) is 0.0714. The molecule has 21 heavy (non-hydrogen) atoms. The quantitative estimate of drug-likeness (QED) is 0.771. The van der Waals surface area contributed by atoms with E-state index in [1.165, 1.54) is 19.2 Å². The van der Waals surface area contributed by atoms with Crippen LogP contribution >= 0.6 is 35.4 Å². The molecule has 0 bridgehead atoms. The van der Waals surface area contributed by atoms with Crippen molar-refractivity contribution in [3.8, 4) is 5.75 Å². The maximum Gasteiger partial charge on any atom is 0.175 e. The Bertz CT molecular complexity index is 682. The zero-order valence-corrected chi connectivity index (χ0v) is 13.2. The van der Waals surface area contributed by atoms with Crippen LogP contribution in [0.4, 0.5) is 15.8 Å². The first-order valence-corrected chi connectivity index (χ1v) is 7.02. The molecule has 0 saturated carbocycles. The molecule has 0 spiro atoms. The van der Waals surface area contributed by atoms with Crippen molar-refractivity contribution in [2.45, 2.75) is 0 Å². The Morgan fingerprint density at radius 3 is 2.57 bits per heavy atom. The van der Waals surface area contributed by atoms with Gasteiger partial charge in [-0.3, -0.25) is 0 Å². The van der Waals surface area contributed by atoms with Crippen molar-refractivity contribution in [2.75, 3.05) is 17.7 Å². The van der Waals surface area contributed by atoms with Gasteiger partial charge in [-0.15, -0.1) is 0 Å². The minimum Gasteiger partial charge on any atom is -0.494 e. The van der Waals surface area contributed by atoms with Crippen molar-refractivity contribution in [1.82, 2.24) is 0 Å². The lowest BCUT2D eigenvalue weighted by Gasteiger charge is -2.12. The van der Waals surface area contributed by atoms with Gasteiger partial charge in [0.1, 0.15) is 0 Å². The minimum absolute atomic E-state index is 0.164. The normalized spacial score (nSPS) is 10.1. The van der Waals surface area contributed by atoms with E-state index in [1.54, 1.807) is 24.3 Å². The third-order valence-corrected chi connectivity index (χ3v) is 3.36. The second-order valence-corrected chi connectivity index (χ2v) is 5.30. The second kappa shape index (κ2) is 6.93. The van der Waals surface area contributed by atoms with Crippen LogP contribution in [0.3, 0.4) is 0 Å². The summed E-state index contributed by atoms with van der Waals surface area (Å²) < 4.78 is 18.4. The van der Waals surface area contributed by atoms with Gasteiger partial charge in [0, 0.05) is 16.8 Å². The van der Waals surface area contributed by atoms with E-state index >= 15 is 0 Å². The molecular formula is C14H11Cl2FN2OS. The van der Waals surface area contributed by atoms with Gasteiger partial charge in [-0.2, -0.15) is 0 Å². The number of nitrogens with one attached hydrogen (secondary N) is 2. The number of hydrogen-bond donors (Lipinski definition) is 2. The largest absolute Gasteiger partial charge is 0.494 e. The number of hydrogen-bond acceptors (Lipinski definition) is 2. The van der Waals surface area contributed by atoms with E-state index < -0.39 is 5.82 Å². The minimum atomic E-state index is -0.480. The van der Waals surface area contributed by atoms with E-state index in [9.17, 15) is 4.39 Å². The molecule has 110 valence electrons. The third-order valence-electron chi connectivity index (χ3n) is 2.59. The summed E-state index contributed by atoms with van der Waals surface area (Å²) >= 11 is 17.1. The van der Waals surface area contributed by atoms with Crippen LogP contribution in [0.15, 0.2) is 36.4 Å². The van der Waals surface area contributed by atoms with Crippen molar-refractivity contribution >= 4 is 51.9 Å². The first-order chi connectivity index (χ1) is 9.99. The molecular weight excluding hydrogens is 334 g/mol. The molecule has 0 aliphatic carbocycles. The Balaban J connectivity index is 2.08. The topological polar surface area (TPSA) is 33.3 Å². The van der Waals surface area contributed by atoms with Gasteiger partial charge in [0.05, 0.1) is 17.8 Å². The highest BCUT2D eigenvalue weighted by molar-refractivity contribution is 7.80. The summed E-state index contributed by atoms with van der Waals surface area (Å²) in [5, 5.41) is 7.02. The first-order valence-electron chi connectivity index (χ1n) is 5.86. The zero-order valence-electron chi connectivity index (χ0n) is 10.9. The third kappa shape index (κ3) is 4.20. The van der Waals surface area contributed by atoms with Crippen molar-refractivity contribution in [1.29, 1.82) is 0 Å². The summed E-state index contributed by atoms with van der Waals surface area (Å²) in [5.41, 5.74) is 1.06. The molecule has 0 unspecified atom stereocenters. The predicted octanol–water partition coefficient (Wildman–Crippen LogP) is 4.95. The SMILES string of the molecule is COc1ccc(NC(=S)Nc2cc(Cl)ccc2Cl)cc1F. The lowest BCUT2D eigenvalue weighted by atomic mass is 10.3. The van der Waals surface area contributed by atoms with Gasteiger partial charge in [0.15, 0.2) is 16.7 Å². The number of rotatable bonds is 3. The molecule has 0 radical (unpaired) electrons. The van der Waals surface area contributed by atoms with Crippen LogP contribution in [-0.4, -0.2) is 12.2 Å². The molecule has 0 aromatic heterocycles. The molecule has 0 amide bonds. The van der Waals surface area contributed by atoms with E-state index in [2.05, 4.69) is 10.6 Å². The summed E-state index contributed by atoms with van der Waals surface area (Å²) in [6, 6.07) is 9.41. The molecule has 2 aromatic carbocycles. The summed E-state index contributed by atoms with van der Waals surface area (Å²) in [6.45, 7) is 0. The number of halogens is 3. The monoisotopic (exact) mass is 344 g/mol.